The van der Waals surface area contributed by atoms with Gasteiger partial charge in [-0.1, -0.05) is 6.07 Å². The zero-order valence-corrected chi connectivity index (χ0v) is 12.7. The van der Waals surface area contributed by atoms with Crippen molar-refractivity contribution in [2.45, 2.75) is 37.2 Å². The molecule has 2 aliphatic rings. The molecule has 1 aromatic carbocycles. The Morgan fingerprint density at radius 1 is 1.14 bits per heavy atom. The molecule has 0 bridgehead atoms. The van der Waals surface area contributed by atoms with Crippen molar-refractivity contribution in [2.24, 2.45) is 11.8 Å². The first-order valence-electron chi connectivity index (χ1n) is 7.40. The zero-order chi connectivity index (χ0) is 15.0. The summed E-state index contributed by atoms with van der Waals surface area (Å²) in [5, 5.41) is 9.14. The van der Waals surface area contributed by atoms with Crippen LogP contribution in [-0.4, -0.2) is 30.9 Å². The molecule has 0 aromatic heterocycles. The summed E-state index contributed by atoms with van der Waals surface area (Å²) in [5.74, 6) is 0.0917. The predicted octanol–water partition coefficient (Wildman–Crippen LogP) is 2.13. The Hall–Kier alpha value is -0.980. The lowest BCUT2D eigenvalue weighted by molar-refractivity contribution is 0.281. The highest BCUT2D eigenvalue weighted by atomic mass is 32.2. The van der Waals surface area contributed by atoms with Crippen LogP contribution in [0.1, 0.15) is 31.2 Å². The third-order valence-corrected chi connectivity index (χ3v) is 5.96. The van der Waals surface area contributed by atoms with Crippen molar-refractivity contribution in [1.82, 2.24) is 4.31 Å². The average molecular weight is 313 g/mol. The Kier molecular flexibility index (Phi) is 4.03. The van der Waals surface area contributed by atoms with Gasteiger partial charge in [-0.15, -0.1) is 0 Å². The van der Waals surface area contributed by atoms with Gasteiger partial charge in [0.1, 0.15) is 10.7 Å². The van der Waals surface area contributed by atoms with Crippen molar-refractivity contribution in [3.63, 3.8) is 0 Å². The molecule has 116 valence electrons. The Balaban J connectivity index is 1.91. The first kappa shape index (κ1) is 14.9. The number of halogens is 1. The maximum atomic E-state index is 14.0. The number of nitrogens with zero attached hydrogens (tertiary/aromatic N) is 1. The zero-order valence-electron chi connectivity index (χ0n) is 11.8. The number of aliphatic hydroxyl groups is 1. The topological polar surface area (TPSA) is 57.6 Å². The summed E-state index contributed by atoms with van der Waals surface area (Å²) in [4.78, 5) is -0.310. The van der Waals surface area contributed by atoms with Crippen LogP contribution in [0.2, 0.25) is 0 Å². The summed E-state index contributed by atoms with van der Waals surface area (Å²) < 4.78 is 40.9. The van der Waals surface area contributed by atoms with Crippen LogP contribution in [0.5, 0.6) is 0 Å². The van der Waals surface area contributed by atoms with E-state index in [4.69, 9.17) is 5.11 Å². The van der Waals surface area contributed by atoms with E-state index in [-0.39, 0.29) is 11.5 Å². The summed E-state index contributed by atoms with van der Waals surface area (Å²) in [6.07, 6.45) is 4.21. The molecule has 0 spiro atoms. The molecule has 3 rings (SSSR count). The van der Waals surface area contributed by atoms with Gasteiger partial charge in [-0.2, -0.15) is 4.31 Å². The molecule has 21 heavy (non-hydrogen) atoms. The van der Waals surface area contributed by atoms with Crippen molar-refractivity contribution < 1.29 is 17.9 Å². The quantitative estimate of drug-likeness (QED) is 0.839. The van der Waals surface area contributed by atoms with E-state index in [0.717, 1.165) is 31.7 Å². The van der Waals surface area contributed by atoms with E-state index < -0.39 is 15.8 Å². The molecule has 1 aromatic rings. The van der Waals surface area contributed by atoms with E-state index in [0.29, 0.717) is 30.5 Å². The van der Waals surface area contributed by atoms with Crippen LogP contribution in [0, 0.1) is 17.7 Å². The molecule has 0 unspecified atom stereocenters. The second-order valence-corrected chi connectivity index (χ2v) is 8.04. The smallest absolute Gasteiger partial charge is 0.246 e. The van der Waals surface area contributed by atoms with Crippen LogP contribution in [0.3, 0.4) is 0 Å². The minimum Gasteiger partial charge on any atom is -0.392 e. The van der Waals surface area contributed by atoms with Gasteiger partial charge in [0.15, 0.2) is 0 Å². The number of aliphatic hydroxyl groups excluding tert-OH is 1. The first-order valence-corrected chi connectivity index (χ1v) is 8.84. The molecular weight excluding hydrogens is 293 g/mol. The number of benzene rings is 1. The molecule has 0 amide bonds. The Labute approximate surface area is 124 Å². The second kappa shape index (κ2) is 5.66. The molecular formula is C15H20FNO3S. The van der Waals surface area contributed by atoms with Crippen molar-refractivity contribution in [1.29, 1.82) is 0 Å². The van der Waals surface area contributed by atoms with Crippen molar-refractivity contribution in [3.05, 3.63) is 29.6 Å². The molecule has 0 saturated heterocycles. The van der Waals surface area contributed by atoms with Crippen LogP contribution in [0.25, 0.3) is 0 Å². The summed E-state index contributed by atoms with van der Waals surface area (Å²) >= 11 is 0. The highest BCUT2D eigenvalue weighted by Gasteiger charge is 2.36. The number of rotatable bonds is 7. The van der Waals surface area contributed by atoms with Gasteiger partial charge < -0.3 is 5.11 Å². The molecule has 6 heteroatoms. The fourth-order valence-corrected chi connectivity index (χ4v) is 4.14. The number of hydrogen-bond acceptors (Lipinski definition) is 3. The lowest BCUT2D eigenvalue weighted by Crippen LogP contribution is -2.35. The molecule has 1 N–H and O–H groups in total. The van der Waals surface area contributed by atoms with Crippen molar-refractivity contribution in [3.8, 4) is 0 Å². The molecule has 0 radical (unpaired) electrons. The largest absolute Gasteiger partial charge is 0.392 e. The van der Waals surface area contributed by atoms with Crippen LogP contribution in [-0.2, 0) is 16.6 Å². The normalized spacial score (nSPS) is 19.2. The van der Waals surface area contributed by atoms with E-state index in [2.05, 4.69) is 0 Å². The molecule has 2 saturated carbocycles. The number of sulfonamides is 1. The minimum absolute atomic E-state index is 0.298. The van der Waals surface area contributed by atoms with Gasteiger partial charge in [-0.3, -0.25) is 0 Å². The van der Waals surface area contributed by atoms with E-state index >= 15 is 0 Å². The molecule has 2 fully saturated rings. The van der Waals surface area contributed by atoms with Gasteiger partial charge >= 0.3 is 0 Å². The summed E-state index contributed by atoms with van der Waals surface area (Å²) in [6, 6.07) is 3.77. The maximum Gasteiger partial charge on any atom is 0.246 e. The summed E-state index contributed by atoms with van der Waals surface area (Å²) in [5.41, 5.74) is 0.410. The predicted molar refractivity (Wildman–Crippen MR) is 76.5 cm³/mol. The Morgan fingerprint density at radius 3 is 2.19 bits per heavy atom. The van der Waals surface area contributed by atoms with E-state index in [1.54, 1.807) is 0 Å². The van der Waals surface area contributed by atoms with Gasteiger partial charge in [0.05, 0.1) is 6.61 Å². The third-order valence-electron chi connectivity index (χ3n) is 4.11. The monoisotopic (exact) mass is 313 g/mol. The maximum absolute atomic E-state index is 14.0. The Bertz CT molecular complexity index is 610. The highest BCUT2D eigenvalue weighted by Crippen LogP contribution is 2.36. The second-order valence-electron chi connectivity index (χ2n) is 6.13. The van der Waals surface area contributed by atoms with Gasteiger partial charge in [0, 0.05) is 13.1 Å². The van der Waals surface area contributed by atoms with E-state index in [9.17, 15) is 12.8 Å². The molecule has 0 aliphatic heterocycles. The highest BCUT2D eigenvalue weighted by molar-refractivity contribution is 7.89. The van der Waals surface area contributed by atoms with Crippen LogP contribution >= 0.6 is 0 Å². The van der Waals surface area contributed by atoms with Crippen molar-refractivity contribution in [2.75, 3.05) is 13.1 Å². The molecule has 2 aliphatic carbocycles. The van der Waals surface area contributed by atoms with Gasteiger partial charge in [-0.05, 0) is 55.2 Å². The summed E-state index contributed by atoms with van der Waals surface area (Å²) in [7, 11) is -3.83. The average Bonchev–Trinajstić information content (AvgIpc) is 3.33. The van der Waals surface area contributed by atoms with Gasteiger partial charge in [-0.25, -0.2) is 12.8 Å². The third kappa shape index (κ3) is 3.44. The van der Waals surface area contributed by atoms with E-state index in [1.165, 1.54) is 16.4 Å². The molecule has 0 atom stereocenters. The minimum atomic E-state index is -3.83. The number of hydrogen-bond donors (Lipinski definition) is 1. The lowest BCUT2D eigenvalue weighted by atomic mass is 10.2. The van der Waals surface area contributed by atoms with E-state index in [1.807, 2.05) is 0 Å². The lowest BCUT2D eigenvalue weighted by Gasteiger charge is -2.22. The summed E-state index contributed by atoms with van der Waals surface area (Å²) in [6.45, 7) is 0.678. The van der Waals surface area contributed by atoms with Crippen LogP contribution in [0.15, 0.2) is 23.1 Å². The van der Waals surface area contributed by atoms with Crippen molar-refractivity contribution >= 4 is 10.0 Å². The van der Waals surface area contributed by atoms with Gasteiger partial charge in [0.25, 0.3) is 0 Å². The SMILES string of the molecule is O=S(=O)(c1cc(CO)ccc1F)N(CC1CC1)CC1CC1. The van der Waals surface area contributed by atoms with Crippen LogP contribution < -0.4 is 0 Å². The molecule has 4 nitrogen and oxygen atoms in total. The Morgan fingerprint density at radius 2 is 1.71 bits per heavy atom. The fourth-order valence-electron chi connectivity index (χ4n) is 2.43. The molecule has 0 heterocycles. The fraction of sp³-hybridized carbons (Fsp3) is 0.600. The van der Waals surface area contributed by atoms with Crippen LogP contribution in [0.4, 0.5) is 4.39 Å². The van der Waals surface area contributed by atoms with Gasteiger partial charge in [0.2, 0.25) is 10.0 Å². The first-order chi connectivity index (χ1) is 10.0. The standard InChI is InChI=1S/C15H20FNO3S/c16-14-6-5-13(10-18)7-15(14)21(19,20)17(8-11-1-2-11)9-12-3-4-12/h5-7,11-12,18H,1-4,8-10H2.